The second-order valence-corrected chi connectivity index (χ2v) is 4.00. The van der Waals surface area contributed by atoms with Crippen molar-refractivity contribution in [1.82, 2.24) is 5.32 Å². The number of hydrogen-bond donors (Lipinski definition) is 1. The maximum absolute atomic E-state index is 5.43. The predicted octanol–water partition coefficient (Wildman–Crippen LogP) is 2.90. The van der Waals surface area contributed by atoms with Crippen molar-refractivity contribution in [3.63, 3.8) is 0 Å². The Balaban J connectivity index is 2.02. The van der Waals surface area contributed by atoms with Crippen LogP contribution < -0.4 is 10.1 Å². The zero-order valence-electron chi connectivity index (χ0n) is 9.33. The summed E-state index contributed by atoms with van der Waals surface area (Å²) in [5, 5.41) is 3.55. The lowest BCUT2D eigenvalue weighted by Crippen LogP contribution is -2.26. The highest BCUT2D eigenvalue weighted by Crippen LogP contribution is 2.24. The third-order valence-electron chi connectivity index (χ3n) is 2.90. The third-order valence-corrected chi connectivity index (χ3v) is 2.90. The summed E-state index contributed by atoms with van der Waals surface area (Å²) < 4.78 is 5.43. The first kappa shape index (κ1) is 10.5. The molecule has 1 aliphatic rings. The molecule has 1 heterocycles. The lowest BCUT2D eigenvalue weighted by atomic mass is 9.98. The minimum atomic E-state index is 0.550. The van der Waals surface area contributed by atoms with Crippen LogP contribution >= 0.6 is 0 Å². The Morgan fingerprint density at radius 3 is 2.67 bits per heavy atom. The number of piperidine rings is 1. The number of nitrogens with one attached hydrogen (secondary N) is 1. The van der Waals surface area contributed by atoms with E-state index in [-0.39, 0.29) is 0 Å². The summed E-state index contributed by atoms with van der Waals surface area (Å²) in [6.45, 7) is 3.90. The monoisotopic (exact) mass is 205 g/mol. The second kappa shape index (κ2) is 5.17. The Kier molecular flexibility index (Phi) is 3.62. The number of rotatable bonds is 3. The summed E-state index contributed by atoms with van der Waals surface area (Å²) in [6, 6.07) is 9.03. The molecule has 0 aromatic heterocycles. The lowest BCUT2D eigenvalue weighted by molar-refractivity contribution is 0.339. The van der Waals surface area contributed by atoms with Gasteiger partial charge in [0.15, 0.2) is 0 Å². The topological polar surface area (TPSA) is 21.3 Å². The van der Waals surface area contributed by atoms with Crippen LogP contribution in [0.4, 0.5) is 0 Å². The van der Waals surface area contributed by atoms with Crippen LogP contribution in [0.2, 0.25) is 0 Å². The molecule has 1 saturated heterocycles. The highest BCUT2D eigenvalue weighted by Gasteiger charge is 2.13. The van der Waals surface area contributed by atoms with E-state index in [1.54, 1.807) is 0 Å². The van der Waals surface area contributed by atoms with Gasteiger partial charge in [0.25, 0.3) is 0 Å². The molecule has 1 aromatic rings. The molecule has 0 bridgehead atoms. The quantitative estimate of drug-likeness (QED) is 0.819. The molecule has 0 aliphatic carbocycles. The Labute approximate surface area is 91.6 Å². The molecular formula is C13H19NO. The fraction of sp³-hybridized carbons (Fsp3) is 0.538. The third kappa shape index (κ3) is 2.72. The zero-order valence-corrected chi connectivity index (χ0v) is 9.33. The molecule has 0 saturated carbocycles. The van der Waals surface area contributed by atoms with Crippen molar-refractivity contribution in [2.24, 2.45) is 0 Å². The van der Waals surface area contributed by atoms with Crippen LogP contribution in [0.3, 0.4) is 0 Å². The van der Waals surface area contributed by atoms with Crippen molar-refractivity contribution in [3.05, 3.63) is 29.8 Å². The van der Waals surface area contributed by atoms with E-state index in [1.165, 1.54) is 24.8 Å². The van der Waals surface area contributed by atoms with Gasteiger partial charge in [0.05, 0.1) is 6.61 Å². The van der Waals surface area contributed by atoms with Crippen LogP contribution in [0, 0.1) is 0 Å². The van der Waals surface area contributed by atoms with Crippen molar-refractivity contribution in [3.8, 4) is 5.75 Å². The number of hydrogen-bond acceptors (Lipinski definition) is 2. The maximum atomic E-state index is 5.43. The van der Waals surface area contributed by atoms with Gasteiger partial charge >= 0.3 is 0 Å². The SMILES string of the molecule is CCOc1ccc(C2CCCCN2)cc1. The molecule has 82 valence electrons. The minimum absolute atomic E-state index is 0.550. The summed E-state index contributed by atoms with van der Waals surface area (Å²) in [4.78, 5) is 0. The van der Waals surface area contributed by atoms with E-state index in [0.29, 0.717) is 6.04 Å². The van der Waals surface area contributed by atoms with Gasteiger partial charge in [-0.05, 0) is 44.0 Å². The molecule has 0 radical (unpaired) electrons. The van der Waals surface area contributed by atoms with Crippen molar-refractivity contribution < 1.29 is 4.74 Å². The molecule has 1 aromatic carbocycles. The van der Waals surface area contributed by atoms with Gasteiger partial charge in [-0.25, -0.2) is 0 Å². The van der Waals surface area contributed by atoms with Gasteiger partial charge in [-0.2, -0.15) is 0 Å². The summed E-state index contributed by atoms with van der Waals surface area (Å²) >= 11 is 0. The van der Waals surface area contributed by atoms with Gasteiger partial charge in [-0.1, -0.05) is 18.6 Å². The van der Waals surface area contributed by atoms with Gasteiger partial charge in [0.1, 0.15) is 5.75 Å². The van der Waals surface area contributed by atoms with E-state index in [0.717, 1.165) is 18.9 Å². The molecule has 1 unspecified atom stereocenters. The first-order chi connectivity index (χ1) is 7.40. The van der Waals surface area contributed by atoms with Crippen LogP contribution in [0.5, 0.6) is 5.75 Å². The molecule has 0 spiro atoms. The highest BCUT2D eigenvalue weighted by molar-refractivity contribution is 5.29. The molecule has 2 nitrogen and oxygen atoms in total. The Morgan fingerprint density at radius 1 is 1.27 bits per heavy atom. The summed E-state index contributed by atoms with van der Waals surface area (Å²) in [7, 11) is 0. The fourth-order valence-electron chi connectivity index (χ4n) is 2.10. The van der Waals surface area contributed by atoms with Gasteiger partial charge < -0.3 is 10.1 Å². The van der Waals surface area contributed by atoms with E-state index in [1.807, 2.05) is 6.92 Å². The standard InChI is InChI=1S/C13H19NO/c1-2-15-12-8-6-11(7-9-12)13-5-3-4-10-14-13/h6-9,13-14H,2-5,10H2,1H3. The molecule has 15 heavy (non-hydrogen) atoms. The van der Waals surface area contributed by atoms with Crippen molar-refractivity contribution >= 4 is 0 Å². The Bertz CT molecular complexity index is 288. The smallest absolute Gasteiger partial charge is 0.119 e. The molecule has 2 heteroatoms. The first-order valence-corrected chi connectivity index (χ1v) is 5.86. The number of ether oxygens (including phenoxy) is 1. The van der Waals surface area contributed by atoms with Crippen LogP contribution in [0.1, 0.15) is 37.8 Å². The first-order valence-electron chi connectivity index (χ1n) is 5.86. The van der Waals surface area contributed by atoms with E-state index in [9.17, 15) is 0 Å². The summed E-state index contributed by atoms with van der Waals surface area (Å²) in [5.41, 5.74) is 1.39. The minimum Gasteiger partial charge on any atom is -0.494 e. The Morgan fingerprint density at radius 2 is 2.07 bits per heavy atom. The van der Waals surface area contributed by atoms with Crippen LogP contribution in [-0.2, 0) is 0 Å². The summed E-state index contributed by atoms with van der Waals surface area (Å²) in [6.07, 6.45) is 3.91. The van der Waals surface area contributed by atoms with E-state index < -0.39 is 0 Å². The molecule has 1 fully saturated rings. The van der Waals surface area contributed by atoms with Gasteiger partial charge in [0, 0.05) is 6.04 Å². The predicted molar refractivity (Wildman–Crippen MR) is 62.2 cm³/mol. The van der Waals surface area contributed by atoms with Crippen LogP contribution in [0.15, 0.2) is 24.3 Å². The molecule has 1 N–H and O–H groups in total. The van der Waals surface area contributed by atoms with E-state index in [2.05, 4.69) is 29.6 Å². The molecule has 1 aliphatic heterocycles. The summed E-state index contributed by atoms with van der Waals surface area (Å²) in [5.74, 6) is 0.969. The molecular weight excluding hydrogens is 186 g/mol. The van der Waals surface area contributed by atoms with Gasteiger partial charge in [-0.15, -0.1) is 0 Å². The number of benzene rings is 1. The lowest BCUT2D eigenvalue weighted by Gasteiger charge is -2.23. The van der Waals surface area contributed by atoms with E-state index in [4.69, 9.17) is 4.74 Å². The second-order valence-electron chi connectivity index (χ2n) is 4.00. The van der Waals surface area contributed by atoms with E-state index >= 15 is 0 Å². The maximum Gasteiger partial charge on any atom is 0.119 e. The molecule has 2 rings (SSSR count). The average Bonchev–Trinajstić information content (AvgIpc) is 2.32. The Hall–Kier alpha value is -1.02. The normalized spacial score (nSPS) is 21.3. The van der Waals surface area contributed by atoms with Gasteiger partial charge in [0.2, 0.25) is 0 Å². The fourth-order valence-corrected chi connectivity index (χ4v) is 2.10. The van der Waals surface area contributed by atoms with Gasteiger partial charge in [-0.3, -0.25) is 0 Å². The zero-order chi connectivity index (χ0) is 10.5. The molecule has 1 atom stereocenters. The average molecular weight is 205 g/mol. The van der Waals surface area contributed by atoms with Crippen molar-refractivity contribution in [1.29, 1.82) is 0 Å². The van der Waals surface area contributed by atoms with Crippen molar-refractivity contribution in [2.75, 3.05) is 13.2 Å². The van der Waals surface area contributed by atoms with Crippen molar-refractivity contribution in [2.45, 2.75) is 32.2 Å². The van der Waals surface area contributed by atoms with Crippen LogP contribution in [0.25, 0.3) is 0 Å². The largest absolute Gasteiger partial charge is 0.494 e. The highest BCUT2D eigenvalue weighted by atomic mass is 16.5. The molecule has 0 amide bonds. The van der Waals surface area contributed by atoms with Crippen LogP contribution in [-0.4, -0.2) is 13.2 Å².